The lowest BCUT2D eigenvalue weighted by atomic mass is 10.0. The van der Waals surface area contributed by atoms with Crippen LogP contribution in [0.5, 0.6) is 0 Å². The van der Waals surface area contributed by atoms with E-state index in [4.69, 9.17) is 0 Å². The average molecular weight is 479 g/mol. The number of aromatic nitrogens is 1. The zero-order chi connectivity index (χ0) is 25.8. The second kappa shape index (κ2) is 14.4. The minimum absolute atomic E-state index is 0.201. The summed E-state index contributed by atoms with van der Waals surface area (Å²) < 4.78 is 16.4. The van der Waals surface area contributed by atoms with Crippen molar-refractivity contribution in [1.82, 2.24) is 14.8 Å². The monoisotopic (exact) mass is 478 g/mol. The van der Waals surface area contributed by atoms with Gasteiger partial charge >= 0.3 is 0 Å². The first-order valence-electron chi connectivity index (χ1n) is 12.9. The van der Waals surface area contributed by atoms with E-state index in [0.29, 0.717) is 0 Å². The van der Waals surface area contributed by atoms with Gasteiger partial charge in [-0.3, -0.25) is 0 Å². The molecule has 0 spiro atoms. The molecule has 0 aliphatic carbocycles. The molecule has 0 saturated heterocycles. The first kappa shape index (κ1) is 28.2. The molecule has 5 heteroatoms. The smallest absolute Gasteiger partial charge is 0.123 e. The van der Waals surface area contributed by atoms with Crippen LogP contribution in [0.15, 0.2) is 61.8 Å². The van der Waals surface area contributed by atoms with E-state index in [0.717, 1.165) is 66.9 Å². The maximum absolute atomic E-state index is 14.1. The average Bonchev–Trinajstić information content (AvgIpc) is 3.17. The lowest BCUT2D eigenvalue weighted by Crippen LogP contribution is -2.30. The highest BCUT2D eigenvalue weighted by atomic mass is 19.1. The maximum Gasteiger partial charge on any atom is 0.123 e. The summed E-state index contributed by atoms with van der Waals surface area (Å²) in [7, 11) is 1.96. The number of hydrogen-bond acceptors (Lipinski definition) is 3. The number of rotatable bonds is 8. The largest absolute Gasteiger partial charge is 0.371 e. The van der Waals surface area contributed by atoms with Gasteiger partial charge in [0.25, 0.3) is 0 Å². The van der Waals surface area contributed by atoms with Crippen LogP contribution in [0.3, 0.4) is 0 Å². The van der Waals surface area contributed by atoms with Crippen molar-refractivity contribution in [1.29, 1.82) is 0 Å². The molecule has 0 unspecified atom stereocenters. The van der Waals surface area contributed by atoms with E-state index in [1.165, 1.54) is 17.7 Å². The lowest BCUT2D eigenvalue weighted by molar-refractivity contribution is 0.386. The highest BCUT2D eigenvalue weighted by molar-refractivity contribution is 5.95. The first-order chi connectivity index (χ1) is 17.0. The third kappa shape index (κ3) is 6.98. The van der Waals surface area contributed by atoms with E-state index < -0.39 is 0 Å². The molecule has 1 aromatic heterocycles. The van der Waals surface area contributed by atoms with Crippen LogP contribution in [0.1, 0.15) is 57.4 Å². The van der Waals surface area contributed by atoms with E-state index in [1.807, 2.05) is 27.0 Å². The molecule has 0 saturated carbocycles. The number of benzene rings is 2. The van der Waals surface area contributed by atoms with E-state index >= 15 is 0 Å². The van der Waals surface area contributed by atoms with Crippen LogP contribution in [0.2, 0.25) is 0 Å². The highest BCUT2D eigenvalue weighted by Crippen LogP contribution is 2.37. The molecular weight excluding hydrogens is 435 g/mol. The predicted molar refractivity (Wildman–Crippen MR) is 151 cm³/mol. The van der Waals surface area contributed by atoms with Gasteiger partial charge in [0, 0.05) is 59.6 Å². The van der Waals surface area contributed by atoms with Crippen LogP contribution >= 0.6 is 0 Å². The van der Waals surface area contributed by atoms with Crippen LogP contribution in [-0.4, -0.2) is 36.1 Å². The zero-order valence-electron chi connectivity index (χ0n) is 22.3. The molecule has 0 amide bonds. The van der Waals surface area contributed by atoms with Crippen LogP contribution in [0.25, 0.3) is 16.6 Å². The lowest BCUT2D eigenvalue weighted by Gasteiger charge is -2.32. The van der Waals surface area contributed by atoms with E-state index in [9.17, 15) is 4.39 Å². The van der Waals surface area contributed by atoms with Gasteiger partial charge in [-0.05, 0) is 68.5 Å². The Bertz CT molecular complexity index is 1080. The summed E-state index contributed by atoms with van der Waals surface area (Å²) in [5.41, 5.74) is 6.68. The van der Waals surface area contributed by atoms with Gasteiger partial charge in [-0.1, -0.05) is 53.0 Å². The Balaban J connectivity index is 0.000000551. The molecule has 4 rings (SSSR count). The molecule has 35 heavy (non-hydrogen) atoms. The summed E-state index contributed by atoms with van der Waals surface area (Å²) in [6.45, 7) is 20.2. The van der Waals surface area contributed by atoms with Gasteiger partial charge in [-0.2, -0.15) is 0 Å². The van der Waals surface area contributed by atoms with Gasteiger partial charge in [0.1, 0.15) is 5.82 Å². The Morgan fingerprint density at radius 2 is 1.77 bits per heavy atom. The first-order valence-corrected chi connectivity index (χ1v) is 12.9. The van der Waals surface area contributed by atoms with Crippen molar-refractivity contribution < 1.29 is 4.39 Å². The maximum atomic E-state index is 14.1. The van der Waals surface area contributed by atoms with Crippen molar-refractivity contribution in [3.05, 3.63) is 84.5 Å². The van der Waals surface area contributed by atoms with E-state index in [-0.39, 0.29) is 5.82 Å². The summed E-state index contributed by atoms with van der Waals surface area (Å²) in [5, 5.41) is 7.08. The third-order valence-electron chi connectivity index (χ3n) is 5.98. The second-order valence-corrected chi connectivity index (χ2v) is 8.40. The summed E-state index contributed by atoms with van der Waals surface area (Å²) >= 11 is 0. The Hall–Kier alpha value is -3.05. The van der Waals surface area contributed by atoms with Crippen LogP contribution in [0.4, 0.5) is 10.1 Å². The molecule has 1 aliphatic rings. The summed E-state index contributed by atoms with van der Waals surface area (Å²) in [6.07, 6.45) is 4.93. The minimum atomic E-state index is -0.201. The van der Waals surface area contributed by atoms with Crippen molar-refractivity contribution in [3.63, 3.8) is 0 Å². The second-order valence-electron chi connectivity index (χ2n) is 8.40. The summed E-state index contributed by atoms with van der Waals surface area (Å²) in [6, 6.07) is 13.4. The number of nitrogens with zero attached hydrogens (tertiary/aromatic N) is 2. The molecule has 2 heterocycles. The van der Waals surface area contributed by atoms with Gasteiger partial charge in [-0.15, -0.1) is 0 Å². The zero-order valence-corrected chi connectivity index (χ0v) is 22.3. The number of fused-ring (bicyclic) bond motifs is 3. The van der Waals surface area contributed by atoms with Gasteiger partial charge in [-0.25, -0.2) is 4.39 Å². The fourth-order valence-corrected chi connectivity index (χ4v) is 4.45. The van der Waals surface area contributed by atoms with Gasteiger partial charge < -0.3 is 20.1 Å². The van der Waals surface area contributed by atoms with Crippen LogP contribution < -0.4 is 10.6 Å². The molecule has 0 fully saturated rings. The standard InChI is InChI=1S/C24H26FN3.C4H11N.C2H6/c1-4-13-27-14-12-23-24(17(27)3)21-15-19(25)8-11-22(21)28(23)16-18-6-9-20(10-7-18)26-5-2;1-3-4-5-2;1-2/h5-11,15,26H,2-4,12-14,16H2,1H3;5H,3-4H2,1-2H3;1-2H3. The molecule has 190 valence electrons. The molecule has 3 aromatic rings. The number of nitrogens with one attached hydrogen (secondary N) is 2. The minimum Gasteiger partial charge on any atom is -0.371 e. The Morgan fingerprint density at radius 1 is 1.06 bits per heavy atom. The summed E-state index contributed by atoms with van der Waals surface area (Å²) in [5.74, 6) is -0.201. The molecule has 0 radical (unpaired) electrons. The Kier molecular flexibility index (Phi) is 11.6. The van der Waals surface area contributed by atoms with Crippen molar-refractivity contribution in [3.8, 4) is 0 Å². The normalized spacial score (nSPS) is 12.3. The van der Waals surface area contributed by atoms with Crippen molar-refractivity contribution in [2.24, 2.45) is 0 Å². The number of hydrogen-bond donors (Lipinski definition) is 2. The van der Waals surface area contributed by atoms with Gasteiger partial charge in [0.2, 0.25) is 0 Å². The molecular formula is C30H43FN4. The van der Waals surface area contributed by atoms with Gasteiger partial charge in [0.15, 0.2) is 0 Å². The molecule has 2 aromatic carbocycles. The Morgan fingerprint density at radius 3 is 2.34 bits per heavy atom. The number of halogens is 1. The fraction of sp³-hybridized carbons (Fsp3) is 0.400. The quantitative estimate of drug-likeness (QED) is 0.357. The fourth-order valence-electron chi connectivity index (χ4n) is 4.45. The number of anilines is 1. The summed E-state index contributed by atoms with van der Waals surface area (Å²) in [4.78, 5) is 2.33. The molecule has 0 atom stereocenters. The Labute approximate surface area is 211 Å². The molecule has 4 nitrogen and oxygen atoms in total. The molecule has 2 N–H and O–H groups in total. The SMILES string of the molecule is C=CNc1ccc(Cn2c3c(c4cc(F)ccc42)C(=C)N(CCC)CC3)cc1.CC.CCCNC. The third-order valence-corrected chi connectivity index (χ3v) is 5.98. The highest BCUT2D eigenvalue weighted by Gasteiger charge is 2.26. The van der Waals surface area contributed by atoms with Crippen molar-refractivity contribution >= 4 is 22.3 Å². The topological polar surface area (TPSA) is 32.2 Å². The van der Waals surface area contributed by atoms with Gasteiger partial charge in [0.05, 0.1) is 0 Å². The van der Waals surface area contributed by atoms with Crippen LogP contribution in [0, 0.1) is 5.82 Å². The van der Waals surface area contributed by atoms with Crippen LogP contribution in [-0.2, 0) is 13.0 Å². The predicted octanol–water partition coefficient (Wildman–Crippen LogP) is 7.26. The van der Waals surface area contributed by atoms with E-state index in [2.05, 4.69) is 71.4 Å². The molecule has 1 aliphatic heterocycles. The van der Waals surface area contributed by atoms with Crippen molar-refractivity contribution in [2.75, 3.05) is 32.0 Å². The van der Waals surface area contributed by atoms with Crippen molar-refractivity contribution in [2.45, 2.75) is 53.5 Å². The van der Waals surface area contributed by atoms with E-state index in [1.54, 1.807) is 18.3 Å². The molecule has 0 bridgehead atoms.